The van der Waals surface area contributed by atoms with Gasteiger partial charge in [0.15, 0.2) is 0 Å². The van der Waals surface area contributed by atoms with Gasteiger partial charge in [0.25, 0.3) is 0 Å². The van der Waals surface area contributed by atoms with Crippen LogP contribution in [0.1, 0.15) is 25.3 Å². The Kier molecular flexibility index (Phi) is 3.00. The van der Waals surface area contributed by atoms with E-state index in [1.165, 1.54) is 0 Å². The molecule has 3 heteroatoms. The van der Waals surface area contributed by atoms with Crippen LogP contribution >= 0.6 is 23.2 Å². The van der Waals surface area contributed by atoms with Crippen molar-refractivity contribution in [3.8, 4) is 5.75 Å². The van der Waals surface area contributed by atoms with Gasteiger partial charge in [0.2, 0.25) is 0 Å². The number of hydrogen-bond acceptors (Lipinski definition) is 1. The van der Waals surface area contributed by atoms with Crippen molar-refractivity contribution in [3.63, 3.8) is 0 Å². The van der Waals surface area contributed by atoms with E-state index in [0.717, 1.165) is 16.3 Å². The minimum atomic E-state index is 0.111. The predicted octanol–water partition coefficient (Wildman–Crippen LogP) is 4.98. The molecule has 0 bridgehead atoms. The van der Waals surface area contributed by atoms with Crippen LogP contribution in [0.5, 0.6) is 5.75 Å². The largest absolute Gasteiger partial charge is 0.506 e. The summed E-state index contributed by atoms with van der Waals surface area (Å²) in [7, 11) is 0. The zero-order chi connectivity index (χ0) is 11.9. The molecule has 2 aromatic rings. The molecular formula is C13H12Cl2O. The van der Waals surface area contributed by atoms with Crippen LogP contribution in [0, 0.1) is 0 Å². The fourth-order valence-electron chi connectivity index (χ4n) is 1.88. The summed E-state index contributed by atoms with van der Waals surface area (Å²) < 4.78 is 0. The summed E-state index contributed by atoms with van der Waals surface area (Å²) in [5, 5.41) is 12.5. The van der Waals surface area contributed by atoms with Crippen molar-refractivity contribution in [1.29, 1.82) is 0 Å². The van der Waals surface area contributed by atoms with E-state index in [4.69, 9.17) is 23.2 Å². The van der Waals surface area contributed by atoms with Gasteiger partial charge >= 0.3 is 0 Å². The molecule has 0 spiro atoms. The van der Waals surface area contributed by atoms with E-state index >= 15 is 0 Å². The van der Waals surface area contributed by atoms with Crippen molar-refractivity contribution >= 4 is 34.0 Å². The van der Waals surface area contributed by atoms with Crippen LogP contribution in [0.15, 0.2) is 24.3 Å². The molecule has 0 aliphatic heterocycles. The maximum atomic E-state index is 9.76. The zero-order valence-corrected chi connectivity index (χ0v) is 10.6. The molecule has 0 aliphatic rings. The lowest BCUT2D eigenvalue weighted by molar-refractivity contribution is 0.475. The van der Waals surface area contributed by atoms with E-state index < -0.39 is 0 Å². The number of benzene rings is 2. The highest BCUT2D eigenvalue weighted by Gasteiger charge is 2.14. The van der Waals surface area contributed by atoms with Gasteiger partial charge in [-0.05, 0) is 23.6 Å². The van der Waals surface area contributed by atoms with Crippen molar-refractivity contribution in [2.75, 3.05) is 0 Å². The smallest absolute Gasteiger partial charge is 0.135 e. The third-order valence-electron chi connectivity index (χ3n) is 2.68. The van der Waals surface area contributed by atoms with Crippen LogP contribution in [-0.4, -0.2) is 5.11 Å². The van der Waals surface area contributed by atoms with E-state index in [2.05, 4.69) is 13.8 Å². The summed E-state index contributed by atoms with van der Waals surface area (Å²) in [6.45, 7) is 4.12. The summed E-state index contributed by atoms with van der Waals surface area (Å²) in [4.78, 5) is 0. The van der Waals surface area contributed by atoms with Gasteiger partial charge < -0.3 is 5.11 Å². The number of aromatic hydroxyl groups is 1. The van der Waals surface area contributed by atoms with E-state index in [1.807, 2.05) is 18.2 Å². The Morgan fingerprint density at radius 3 is 2.50 bits per heavy atom. The van der Waals surface area contributed by atoms with Gasteiger partial charge in [-0.3, -0.25) is 0 Å². The van der Waals surface area contributed by atoms with Crippen molar-refractivity contribution in [2.45, 2.75) is 19.8 Å². The highest BCUT2D eigenvalue weighted by atomic mass is 35.5. The lowest BCUT2D eigenvalue weighted by atomic mass is 9.95. The normalized spacial score (nSPS) is 11.3. The number of phenolic OH excluding ortho intramolecular Hbond substituents is 1. The molecular weight excluding hydrogens is 243 g/mol. The predicted molar refractivity (Wildman–Crippen MR) is 69.7 cm³/mol. The average molecular weight is 255 g/mol. The molecule has 0 saturated heterocycles. The first-order valence-electron chi connectivity index (χ1n) is 5.12. The molecule has 0 amide bonds. The minimum absolute atomic E-state index is 0.111. The lowest BCUT2D eigenvalue weighted by Gasteiger charge is -2.13. The van der Waals surface area contributed by atoms with Gasteiger partial charge in [0.1, 0.15) is 5.75 Å². The number of phenols is 1. The first-order valence-corrected chi connectivity index (χ1v) is 5.87. The van der Waals surface area contributed by atoms with Gasteiger partial charge in [-0.25, -0.2) is 0 Å². The molecule has 2 rings (SSSR count). The Labute approximate surface area is 105 Å². The second kappa shape index (κ2) is 4.15. The molecule has 0 radical (unpaired) electrons. The molecule has 0 fully saturated rings. The molecule has 84 valence electrons. The molecule has 1 nitrogen and oxygen atoms in total. The quantitative estimate of drug-likeness (QED) is 0.762. The summed E-state index contributed by atoms with van der Waals surface area (Å²) in [6, 6.07) is 7.24. The first-order chi connectivity index (χ1) is 7.52. The Morgan fingerprint density at radius 1 is 1.19 bits per heavy atom. The highest BCUT2D eigenvalue weighted by molar-refractivity contribution is 6.40. The van der Waals surface area contributed by atoms with E-state index in [0.29, 0.717) is 10.0 Å². The third kappa shape index (κ3) is 1.74. The third-order valence-corrected chi connectivity index (χ3v) is 3.39. The number of fused-ring (bicyclic) bond motifs is 1. The Morgan fingerprint density at radius 2 is 1.88 bits per heavy atom. The summed E-state index contributed by atoms with van der Waals surface area (Å²) in [5.74, 6) is 0.394. The van der Waals surface area contributed by atoms with E-state index in [1.54, 1.807) is 6.07 Å². The second-order valence-electron chi connectivity index (χ2n) is 4.12. The van der Waals surface area contributed by atoms with E-state index in [9.17, 15) is 5.11 Å². The molecule has 0 unspecified atom stereocenters. The van der Waals surface area contributed by atoms with Gasteiger partial charge in [-0.2, -0.15) is 0 Å². The first kappa shape index (κ1) is 11.6. The molecule has 2 aromatic carbocycles. The molecule has 1 N–H and O–H groups in total. The van der Waals surface area contributed by atoms with Gasteiger partial charge in [0.05, 0.1) is 5.02 Å². The number of halogens is 2. The Bertz CT molecular complexity index is 547. The van der Waals surface area contributed by atoms with Crippen LogP contribution in [0.3, 0.4) is 0 Å². The lowest BCUT2D eigenvalue weighted by Crippen LogP contribution is -1.91. The van der Waals surface area contributed by atoms with Gasteiger partial charge in [-0.15, -0.1) is 0 Å². The highest BCUT2D eigenvalue weighted by Crippen LogP contribution is 2.40. The fraction of sp³-hybridized carbons (Fsp3) is 0.231. The van der Waals surface area contributed by atoms with Crippen LogP contribution in [0.4, 0.5) is 0 Å². The monoisotopic (exact) mass is 254 g/mol. The van der Waals surface area contributed by atoms with E-state index in [-0.39, 0.29) is 11.7 Å². The fourth-order valence-corrected chi connectivity index (χ4v) is 2.37. The molecule has 0 atom stereocenters. The summed E-state index contributed by atoms with van der Waals surface area (Å²) in [5.41, 5.74) is 1.02. The van der Waals surface area contributed by atoms with Gasteiger partial charge in [-0.1, -0.05) is 49.2 Å². The SMILES string of the molecule is CC(C)c1cc(O)c(Cl)c2cccc(Cl)c12. The van der Waals surface area contributed by atoms with Crippen molar-refractivity contribution < 1.29 is 5.11 Å². The minimum Gasteiger partial charge on any atom is -0.506 e. The van der Waals surface area contributed by atoms with Crippen LogP contribution in [-0.2, 0) is 0 Å². The summed E-state index contributed by atoms with van der Waals surface area (Å²) >= 11 is 12.3. The van der Waals surface area contributed by atoms with Crippen molar-refractivity contribution in [1.82, 2.24) is 0 Å². The van der Waals surface area contributed by atoms with Gasteiger partial charge in [0, 0.05) is 15.8 Å². The summed E-state index contributed by atoms with van der Waals surface area (Å²) in [6.07, 6.45) is 0. The maximum Gasteiger partial charge on any atom is 0.135 e. The van der Waals surface area contributed by atoms with Crippen LogP contribution in [0.25, 0.3) is 10.8 Å². The standard InChI is InChI=1S/C13H12Cl2O/c1-7(2)9-6-11(16)13(15)8-4-3-5-10(14)12(8)9/h3-7,16H,1-2H3. The topological polar surface area (TPSA) is 20.2 Å². The second-order valence-corrected chi connectivity index (χ2v) is 4.90. The van der Waals surface area contributed by atoms with Crippen LogP contribution < -0.4 is 0 Å². The Hall–Kier alpha value is -0.920. The molecule has 0 heterocycles. The van der Waals surface area contributed by atoms with Crippen LogP contribution in [0.2, 0.25) is 10.0 Å². The van der Waals surface area contributed by atoms with Crippen molar-refractivity contribution in [3.05, 3.63) is 39.9 Å². The molecule has 0 aliphatic carbocycles. The Balaban J connectivity index is 2.96. The molecule has 0 saturated carbocycles. The molecule has 0 aromatic heterocycles. The molecule has 16 heavy (non-hydrogen) atoms. The zero-order valence-electron chi connectivity index (χ0n) is 9.09. The van der Waals surface area contributed by atoms with Crippen molar-refractivity contribution in [2.24, 2.45) is 0 Å². The maximum absolute atomic E-state index is 9.76. The average Bonchev–Trinajstić information content (AvgIpc) is 2.23. The number of rotatable bonds is 1. The number of hydrogen-bond donors (Lipinski definition) is 1.